The molecule has 0 bridgehead atoms. The van der Waals surface area contributed by atoms with Crippen molar-refractivity contribution in [2.45, 2.75) is 33.7 Å². The number of nitrogens with two attached hydrogens (primary N) is 1. The molecular formula is C15H19N3OS. The molecule has 1 atom stereocenters. The van der Waals surface area contributed by atoms with Gasteiger partial charge in [0.05, 0.1) is 29.2 Å². The van der Waals surface area contributed by atoms with Crippen LogP contribution in [0.1, 0.15) is 44.3 Å². The summed E-state index contributed by atoms with van der Waals surface area (Å²) in [7, 11) is 0. The maximum atomic E-state index is 12.3. The van der Waals surface area contributed by atoms with Gasteiger partial charge in [0.15, 0.2) is 0 Å². The highest BCUT2D eigenvalue weighted by atomic mass is 32.1. The third-order valence-electron chi connectivity index (χ3n) is 3.25. The zero-order valence-electron chi connectivity index (χ0n) is 12.2. The lowest BCUT2D eigenvalue weighted by Gasteiger charge is -2.15. The number of carbonyl (C=O) groups excluding carboxylic acids is 1. The molecule has 0 fully saturated rings. The Kier molecular flexibility index (Phi) is 4.09. The molecule has 3 N–H and O–H groups in total. The number of thiophene rings is 1. The molecule has 2 aromatic heterocycles. The minimum atomic E-state index is -0.141. The quantitative estimate of drug-likeness (QED) is 0.912. The number of hydrogen-bond donors (Lipinski definition) is 2. The molecule has 106 valence electrons. The van der Waals surface area contributed by atoms with E-state index in [0.29, 0.717) is 16.9 Å². The van der Waals surface area contributed by atoms with E-state index in [1.165, 1.54) is 9.75 Å². The van der Waals surface area contributed by atoms with E-state index in [2.05, 4.69) is 30.2 Å². The Labute approximate surface area is 123 Å². The number of amides is 1. The van der Waals surface area contributed by atoms with Gasteiger partial charge >= 0.3 is 0 Å². The molecule has 0 aliphatic carbocycles. The Morgan fingerprint density at radius 1 is 1.35 bits per heavy atom. The summed E-state index contributed by atoms with van der Waals surface area (Å²) < 4.78 is 0. The third kappa shape index (κ3) is 2.99. The first-order valence-corrected chi connectivity index (χ1v) is 7.30. The van der Waals surface area contributed by atoms with E-state index < -0.39 is 0 Å². The van der Waals surface area contributed by atoms with E-state index >= 15 is 0 Å². The van der Waals surface area contributed by atoms with Crippen LogP contribution < -0.4 is 11.1 Å². The van der Waals surface area contributed by atoms with Crippen LogP contribution in [0.4, 0.5) is 5.69 Å². The van der Waals surface area contributed by atoms with Crippen LogP contribution in [0.25, 0.3) is 0 Å². The molecule has 2 aromatic rings. The van der Waals surface area contributed by atoms with Gasteiger partial charge in [-0.05, 0) is 45.4 Å². The van der Waals surface area contributed by atoms with Crippen LogP contribution in [0.2, 0.25) is 0 Å². The van der Waals surface area contributed by atoms with Crippen molar-refractivity contribution in [3.8, 4) is 0 Å². The van der Waals surface area contributed by atoms with Crippen LogP contribution in [-0.2, 0) is 0 Å². The van der Waals surface area contributed by atoms with Crippen LogP contribution >= 0.6 is 11.3 Å². The van der Waals surface area contributed by atoms with Crippen LogP contribution in [0.15, 0.2) is 18.3 Å². The third-order valence-corrected chi connectivity index (χ3v) is 4.23. The summed E-state index contributed by atoms with van der Waals surface area (Å²) in [4.78, 5) is 18.9. The number of aromatic nitrogens is 1. The highest BCUT2D eigenvalue weighted by molar-refractivity contribution is 7.12. The molecule has 0 aliphatic rings. The van der Waals surface area contributed by atoms with Gasteiger partial charge in [-0.2, -0.15) is 0 Å². The average molecular weight is 289 g/mol. The second kappa shape index (κ2) is 5.63. The molecule has 0 aromatic carbocycles. The first-order valence-electron chi connectivity index (χ1n) is 6.48. The van der Waals surface area contributed by atoms with Gasteiger partial charge < -0.3 is 11.1 Å². The summed E-state index contributed by atoms with van der Waals surface area (Å²) in [5, 5.41) is 3.01. The van der Waals surface area contributed by atoms with Crippen LogP contribution in [0, 0.1) is 20.8 Å². The summed E-state index contributed by atoms with van der Waals surface area (Å²) in [6.07, 6.45) is 1.56. The molecule has 2 rings (SSSR count). The number of anilines is 1. The number of nitrogens with zero attached hydrogens (tertiary/aromatic N) is 1. The minimum absolute atomic E-state index is 0.0340. The van der Waals surface area contributed by atoms with E-state index in [1.807, 2.05) is 6.92 Å². The molecule has 1 amide bonds. The van der Waals surface area contributed by atoms with Gasteiger partial charge in [0, 0.05) is 9.75 Å². The molecule has 20 heavy (non-hydrogen) atoms. The molecule has 0 spiro atoms. The fourth-order valence-electron chi connectivity index (χ4n) is 2.21. The lowest BCUT2D eigenvalue weighted by Crippen LogP contribution is -2.27. The number of pyridine rings is 1. The van der Waals surface area contributed by atoms with E-state index in [1.54, 1.807) is 30.5 Å². The zero-order valence-corrected chi connectivity index (χ0v) is 13.0. The molecule has 0 saturated heterocycles. The lowest BCUT2D eigenvalue weighted by molar-refractivity contribution is 0.0939. The maximum Gasteiger partial charge on any atom is 0.253 e. The number of nitrogen functional groups attached to an aromatic ring is 1. The Morgan fingerprint density at radius 3 is 2.65 bits per heavy atom. The Bertz CT molecular complexity index is 649. The smallest absolute Gasteiger partial charge is 0.253 e. The predicted octanol–water partition coefficient (Wildman–Crippen LogP) is 3.14. The normalized spacial score (nSPS) is 12.2. The van der Waals surface area contributed by atoms with Crippen LogP contribution in [0.3, 0.4) is 0 Å². The fraction of sp³-hybridized carbons (Fsp3) is 0.333. The van der Waals surface area contributed by atoms with Crippen molar-refractivity contribution >= 4 is 22.9 Å². The van der Waals surface area contributed by atoms with Gasteiger partial charge in [0.2, 0.25) is 0 Å². The summed E-state index contributed by atoms with van der Waals surface area (Å²) in [6.45, 7) is 7.94. The van der Waals surface area contributed by atoms with E-state index in [0.717, 1.165) is 5.56 Å². The van der Waals surface area contributed by atoms with Gasteiger partial charge in [-0.25, -0.2) is 0 Å². The van der Waals surface area contributed by atoms with Gasteiger partial charge in [0.1, 0.15) is 0 Å². The molecule has 2 heterocycles. The fourth-order valence-corrected chi connectivity index (χ4v) is 3.23. The summed E-state index contributed by atoms with van der Waals surface area (Å²) in [6, 6.07) is 3.75. The van der Waals surface area contributed by atoms with Gasteiger partial charge in [-0.1, -0.05) is 0 Å². The molecule has 4 nitrogen and oxygen atoms in total. The van der Waals surface area contributed by atoms with Crippen molar-refractivity contribution in [1.82, 2.24) is 10.3 Å². The molecule has 1 unspecified atom stereocenters. The lowest BCUT2D eigenvalue weighted by atomic mass is 10.1. The van der Waals surface area contributed by atoms with Crippen molar-refractivity contribution in [2.24, 2.45) is 0 Å². The highest BCUT2D eigenvalue weighted by Gasteiger charge is 2.16. The molecular weight excluding hydrogens is 270 g/mol. The van der Waals surface area contributed by atoms with Crippen molar-refractivity contribution in [3.63, 3.8) is 0 Å². The van der Waals surface area contributed by atoms with E-state index in [-0.39, 0.29) is 11.9 Å². The summed E-state index contributed by atoms with van der Waals surface area (Å²) in [5.41, 5.74) is 8.56. The van der Waals surface area contributed by atoms with Crippen molar-refractivity contribution in [2.75, 3.05) is 5.73 Å². The Hall–Kier alpha value is -1.88. The van der Waals surface area contributed by atoms with Crippen molar-refractivity contribution in [3.05, 3.63) is 44.9 Å². The molecule has 5 heteroatoms. The number of aryl methyl sites for hydroxylation is 3. The number of nitrogens with one attached hydrogen (secondary N) is 1. The average Bonchev–Trinajstić information content (AvgIpc) is 2.71. The summed E-state index contributed by atoms with van der Waals surface area (Å²) >= 11 is 1.74. The van der Waals surface area contributed by atoms with Crippen LogP contribution in [-0.4, -0.2) is 10.9 Å². The maximum absolute atomic E-state index is 12.3. The zero-order chi connectivity index (χ0) is 14.9. The van der Waals surface area contributed by atoms with Gasteiger partial charge in [-0.15, -0.1) is 11.3 Å². The highest BCUT2D eigenvalue weighted by Crippen LogP contribution is 2.26. The Balaban J connectivity index is 2.19. The minimum Gasteiger partial charge on any atom is -0.397 e. The number of rotatable bonds is 3. The monoisotopic (exact) mass is 289 g/mol. The molecule has 0 radical (unpaired) electrons. The first-order chi connectivity index (χ1) is 9.38. The van der Waals surface area contributed by atoms with E-state index in [9.17, 15) is 4.79 Å². The topological polar surface area (TPSA) is 68.0 Å². The second-order valence-electron chi connectivity index (χ2n) is 4.97. The molecule has 0 saturated carbocycles. The van der Waals surface area contributed by atoms with Crippen molar-refractivity contribution < 1.29 is 4.79 Å². The van der Waals surface area contributed by atoms with E-state index in [4.69, 9.17) is 5.73 Å². The Morgan fingerprint density at radius 2 is 2.05 bits per heavy atom. The molecule has 0 aliphatic heterocycles. The summed E-state index contributed by atoms with van der Waals surface area (Å²) in [5.74, 6) is -0.141. The van der Waals surface area contributed by atoms with Crippen molar-refractivity contribution in [1.29, 1.82) is 0 Å². The second-order valence-corrected chi connectivity index (χ2v) is 6.43. The van der Waals surface area contributed by atoms with Gasteiger partial charge in [-0.3, -0.25) is 9.78 Å². The first kappa shape index (κ1) is 14.5. The predicted molar refractivity (Wildman–Crippen MR) is 83.1 cm³/mol. The van der Waals surface area contributed by atoms with Crippen LogP contribution in [0.5, 0.6) is 0 Å². The standard InChI is InChI=1S/C15H19N3OS/c1-8-5-13(11(4)20-8)10(3)18-15(19)14-6-12(16)7-17-9(14)2/h5-7,10H,16H2,1-4H3,(H,18,19). The number of hydrogen-bond acceptors (Lipinski definition) is 4. The number of carbonyl (C=O) groups is 1. The largest absolute Gasteiger partial charge is 0.397 e. The SMILES string of the molecule is Cc1cc(C(C)NC(=O)c2cc(N)cnc2C)c(C)s1. The van der Waals surface area contributed by atoms with Gasteiger partial charge in [0.25, 0.3) is 5.91 Å².